The van der Waals surface area contributed by atoms with E-state index >= 15 is 0 Å². The minimum Gasteiger partial charge on any atom is -0.339 e. The molecule has 1 fully saturated rings. The van der Waals surface area contributed by atoms with Crippen LogP contribution >= 0.6 is 0 Å². The molecular formula is C16H21N5O. The van der Waals surface area contributed by atoms with Crippen molar-refractivity contribution in [2.75, 3.05) is 20.1 Å². The smallest absolute Gasteiger partial charge is 0.250 e. The maximum atomic E-state index is 13.1. The minimum absolute atomic E-state index is 0.113. The largest absolute Gasteiger partial charge is 0.339 e. The molecule has 0 saturated carbocycles. The maximum absolute atomic E-state index is 13.1. The molecule has 116 valence electrons. The number of aromatic nitrogens is 3. The number of nitrogens with one attached hydrogen (secondary N) is 1. The highest BCUT2D eigenvalue weighted by Gasteiger charge is 2.43. The molecule has 0 atom stereocenters. The first-order valence-electron chi connectivity index (χ1n) is 7.58. The third-order valence-electron chi connectivity index (χ3n) is 4.26. The predicted molar refractivity (Wildman–Crippen MR) is 83.0 cm³/mol. The molecule has 3 rings (SSSR count). The highest BCUT2D eigenvalue weighted by atomic mass is 16.2. The molecule has 0 spiro atoms. The molecule has 2 aromatic rings. The molecule has 1 amide bonds. The van der Waals surface area contributed by atoms with E-state index in [0.29, 0.717) is 6.54 Å². The molecule has 22 heavy (non-hydrogen) atoms. The Bertz CT molecular complexity index is 605. The van der Waals surface area contributed by atoms with Gasteiger partial charge in [-0.1, -0.05) is 6.07 Å². The monoisotopic (exact) mass is 299 g/mol. The van der Waals surface area contributed by atoms with Gasteiger partial charge in [0.05, 0.1) is 0 Å². The van der Waals surface area contributed by atoms with E-state index in [0.717, 1.165) is 31.5 Å². The third-order valence-corrected chi connectivity index (χ3v) is 4.26. The highest BCUT2D eigenvalue weighted by Crippen LogP contribution is 2.29. The maximum Gasteiger partial charge on any atom is 0.250 e. The van der Waals surface area contributed by atoms with E-state index in [1.54, 1.807) is 23.5 Å². The summed E-state index contributed by atoms with van der Waals surface area (Å²) in [5.74, 6) is 0.113. The Kier molecular flexibility index (Phi) is 4.20. The highest BCUT2D eigenvalue weighted by molar-refractivity contribution is 5.84. The number of pyridine rings is 1. The van der Waals surface area contributed by atoms with Gasteiger partial charge in [-0.25, -0.2) is 0 Å². The minimum atomic E-state index is -0.578. The average Bonchev–Trinajstić information content (AvgIpc) is 3.11. The summed E-state index contributed by atoms with van der Waals surface area (Å²) in [5, 5.41) is 7.67. The van der Waals surface area contributed by atoms with Gasteiger partial charge in [-0.05, 0) is 43.6 Å². The zero-order valence-corrected chi connectivity index (χ0v) is 12.8. The molecule has 1 saturated heterocycles. The van der Waals surface area contributed by atoms with Gasteiger partial charge in [0.15, 0.2) is 0 Å². The van der Waals surface area contributed by atoms with E-state index in [9.17, 15) is 4.79 Å². The van der Waals surface area contributed by atoms with Crippen molar-refractivity contribution in [2.24, 2.45) is 0 Å². The van der Waals surface area contributed by atoms with Crippen molar-refractivity contribution in [3.05, 3.63) is 48.5 Å². The molecule has 0 bridgehead atoms. The number of carbonyl (C=O) groups excluding carboxylic acids is 1. The summed E-state index contributed by atoms with van der Waals surface area (Å²) in [4.78, 5) is 19.0. The molecule has 6 heteroatoms. The molecule has 0 aliphatic carbocycles. The molecule has 6 nitrogen and oxygen atoms in total. The lowest BCUT2D eigenvalue weighted by Crippen LogP contribution is -2.54. The van der Waals surface area contributed by atoms with E-state index in [-0.39, 0.29) is 5.91 Å². The van der Waals surface area contributed by atoms with Crippen molar-refractivity contribution >= 4 is 5.91 Å². The Morgan fingerprint density at radius 2 is 2.18 bits per heavy atom. The molecule has 0 radical (unpaired) electrons. The lowest BCUT2D eigenvalue weighted by Gasteiger charge is -2.39. The Labute approximate surface area is 130 Å². The quantitative estimate of drug-likeness (QED) is 0.915. The standard InChI is InChI=1S/C16H21N5O/c1-20(13-14-4-2-7-18-12-14)15(22)16(5-9-17-10-6-16)21-11-3-8-19-21/h2-4,7-8,11-12,17H,5-6,9-10,13H2,1H3. The summed E-state index contributed by atoms with van der Waals surface area (Å²) in [6.45, 7) is 2.21. The summed E-state index contributed by atoms with van der Waals surface area (Å²) >= 11 is 0. The van der Waals surface area contributed by atoms with Crippen LogP contribution in [0.2, 0.25) is 0 Å². The summed E-state index contributed by atoms with van der Waals surface area (Å²) in [6, 6.07) is 5.75. The second-order valence-corrected chi connectivity index (χ2v) is 5.75. The van der Waals surface area contributed by atoms with Gasteiger partial charge in [-0.15, -0.1) is 0 Å². The first-order valence-corrected chi connectivity index (χ1v) is 7.58. The zero-order valence-electron chi connectivity index (χ0n) is 12.8. The summed E-state index contributed by atoms with van der Waals surface area (Å²) < 4.78 is 1.83. The number of rotatable bonds is 4. The van der Waals surface area contributed by atoms with Crippen LogP contribution in [0.4, 0.5) is 0 Å². The topological polar surface area (TPSA) is 63.1 Å². The van der Waals surface area contributed by atoms with Gasteiger partial charge in [0.1, 0.15) is 5.54 Å². The number of hydrogen-bond donors (Lipinski definition) is 1. The summed E-state index contributed by atoms with van der Waals surface area (Å²) in [7, 11) is 1.85. The molecule has 0 aromatic carbocycles. The lowest BCUT2D eigenvalue weighted by molar-refractivity contribution is -0.142. The lowest BCUT2D eigenvalue weighted by atomic mass is 9.87. The van der Waals surface area contributed by atoms with Crippen LogP contribution in [-0.4, -0.2) is 45.7 Å². The van der Waals surface area contributed by atoms with Crippen molar-refractivity contribution in [2.45, 2.75) is 24.9 Å². The first kappa shape index (κ1) is 14.7. The molecule has 1 N–H and O–H groups in total. The molecule has 2 aromatic heterocycles. The zero-order chi connectivity index (χ0) is 15.4. The van der Waals surface area contributed by atoms with Crippen LogP contribution in [-0.2, 0) is 16.9 Å². The van der Waals surface area contributed by atoms with Crippen LogP contribution < -0.4 is 5.32 Å². The number of amides is 1. The van der Waals surface area contributed by atoms with Crippen molar-refractivity contribution in [1.82, 2.24) is 25.0 Å². The molecule has 3 heterocycles. The number of nitrogens with zero attached hydrogens (tertiary/aromatic N) is 4. The molecule has 1 aliphatic heterocycles. The van der Waals surface area contributed by atoms with Gasteiger partial charge in [0.25, 0.3) is 5.91 Å². The molecule has 1 aliphatic rings. The van der Waals surface area contributed by atoms with Gasteiger partial charge in [0.2, 0.25) is 0 Å². The van der Waals surface area contributed by atoms with Crippen molar-refractivity contribution in [1.29, 1.82) is 0 Å². The van der Waals surface area contributed by atoms with Gasteiger partial charge >= 0.3 is 0 Å². The Balaban J connectivity index is 1.83. The Morgan fingerprint density at radius 1 is 1.36 bits per heavy atom. The fraction of sp³-hybridized carbons (Fsp3) is 0.438. The van der Waals surface area contributed by atoms with Gasteiger partial charge in [-0.2, -0.15) is 5.10 Å². The van der Waals surface area contributed by atoms with Crippen LogP contribution in [0.5, 0.6) is 0 Å². The van der Waals surface area contributed by atoms with E-state index in [2.05, 4.69) is 15.4 Å². The van der Waals surface area contributed by atoms with Gasteiger partial charge < -0.3 is 10.2 Å². The fourth-order valence-electron chi connectivity index (χ4n) is 3.10. The number of piperidine rings is 1. The van der Waals surface area contributed by atoms with Crippen molar-refractivity contribution in [3.63, 3.8) is 0 Å². The second kappa shape index (κ2) is 6.27. The van der Waals surface area contributed by atoms with Gasteiger partial charge in [0, 0.05) is 38.4 Å². The first-order chi connectivity index (χ1) is 10.7. The van der Waals surface area contributed by atoms with E-state index in [1.807, 2.05) is 36.1 Å². The van der Waals surface area contributed by atoms with Crippen LogP contribution in [0.15, 0.2) is 43.0 Å². The summed E-state index contributed by atoms with van der Waals surface area (Å²) in [6.07, 6.45) is 8.67. The van der Waals surface area contributed by atoms with Crippen LogP contribution in [0.25, 0.3) is 0 Å². The van der Waals surface area contributed by atoms with E-state index < -0.39 is 5.54 Å². The van der Waals surface area contributed by atoms with Crippen LogP contribution in [0, 0.1) is 0 Å². The molecule has 0 unspecified atom stereocenters. The number of carbonyl (C=O) groups is 1. The van der Waals surface area contributed by atoms with E-state index in [1.165, 1.54) is 0 Å². The normalized spacial score (nSPS) is 17.1. The van der Waals surface area contributed by atoms with Crippen LogP contribution in [0.1, 0.15) is 18.4 Å². The SMILES string of the molecule is CN(Cc1cccnc1)C(=O)C1(n2cccn2)CCNCC1. The summed E-state index contributed by atoms with van der Waals surface area (Å²) in [5.41, 5.74) is 0.453. The Hall–Kier alpha value is -2.21. The average molecular weight is 299 g/mol. The third kappa shape index (κ3) is 2.74. The van der Waals surface area contributed by atoms with Crippen molar-refractivity contribution in [3.8, 4) is 0 Å². The van der Waals surface area contributed by atoms with Crippen molar-refractivity contribution < 1.29 is 4.79 Å². The van der Waals surface area contributed by atoms with Crippen LogP contribution in [0.3, 0.4) is 0 Å². The second-order valence-electron chi connectivity index (χ2n) is 5.75. The molecular weight excluding hydrogens is 278 g/mol. The fourth-order valence-corrected chi connectivity index (χ4v) is 3.10. The van der Waals surface area contributed by atoms with Gasteiger partial charge in [-0.3, -0.25) is 14.5 Å². The number of hydrogen-bond acceptors (Lipinski definition) is 4. The predicted octanol–water partition coefficient (Wildman–Crippen LogP) is 1.02. The number of likely N-dealkylation sites (N-methyl/N-ethyl adjacent to an activating group) is 1. The Morgan fingerprint density at radius 3 is 2.82 bits per heavy atom. The van der Waals surface area contributed by atoms with E-state index in [4.69, 9.17) is 0 Å².